The molecule has 8 nitrogen and oxygen atoms in total. The number of rotatable bonds is 7. The third kappa shape index (κ3) is 5.30. The summed E-state index contributed by atoms with van der Waals surface area (Å²) in [5.74, 6) is -5.78. The molecule has 3 fully saturated rings. The van der Waals surface area contributed by atoms with Crippen molar-refractivity contribution in [3.8, 4) is 12.1 Å². The summed E-state index contributed by atoms with van der Waals surface area (Å²) in [4.78, 5) is 10.1. The number of nitrogens with one attached hydrogen (secondary N) is 1. The third-order valence-electron chi connectivity index (χ3n) is 10.5. The molecule has 6 atom stereocenters. The standard InChI is InChI=1S/C33H36F5N7OS/c1-3-44-7-6-18(10-34)32(2,15-44)16-46-31-41-12-17-8-22(35)26(27(38)28(17)43-31)33(40)21(11-39)25-29(23(36)9-24(37)30(25)47-33)45-13-19-4-5-20(14-45)42-19/h8-9,12,18-21,42H,3-7,10,13-16,40H2,1-2H3/t18-,19-,20+,21?,32+,33?/m1/s1. The van der Waals surface area contributed by atoms with Crippen molar-refractivity contribution in [2.24, 2.45) is 17.1 Å². The number of hydrogen-bond donors (Lipinski definition) is 2. The van der Waals surface area contributed by atoms with Gasteiger partial charge in [-0.2, -0.15) is 10.2 Å². The third-order valence-corrected chi connectivity index (χ3v) is 11.9. The van der Waals surface area contributed by atoms with Crippen LogP contribution in [0.2, 0.25) is 0 Å². The number of benzene rings is 2. The average Bonchev–Trinajstić information content (AvgIpc) is 3.54. The van der Waals surface area contributed by atoms with Gasteiger partial charge in [0.2, 0.25) is 0 Å². The molecule has 1 aromatic heterocycles. The van der Waals surface area contributed by atoms with Gasteiger partial charge in [-0.05, 0) is 44.3 Å². The Kier molecular flexibility index (Phi) is 8.26. The fraction of sp³-hybridized carbons (Fsp3) is 0.545. The van der Waals surface area contributed by atoms with Crippen LogP contribution in [0, 0.1) is 45.9 Å². The Balaban J connectivity index is 1.25. The predicted octanol–water partition coefficient (Wildman–Crippen LogP) is 5.35. The van der Waals surface area contributed by atoms with Crippen LogP contribution in [-0.4, -0.2) is 73.0 Å². The first-order valence-corrected chi connectivity index (χ1v) is 16.8. The maximum atomic E-state index is 16.5. The quantitative estimate of drug-likeness (QED) is 0.322. The van der Waals surface area contributed by atoms with Crippen LogP contribution in [0.25, 0.3) is 10.9 Å². The van der Waals surface area contributed by atoms with E-state index in [9.17, 15) is 9.65 Å². The van der Waals surface area contributed by atoms with E-state index in [1.54, 1.807) is 4.90 Å². The number of nitrogens with zero attached hydrogens (tertiary/aromatic N) is 5. The molecule has 250 valence electrons. The zero-order valence-corrected chi connectivity index (χ0v) is 26.9. The Hall–Kier alpha value is -3.25. The minimum absolute atomic E-state index is 0.00586. The number of thioether (sulfide) groups is 1. The molecule has 0 spiro atoms. The molecule has 3 saturated heterocycles. The number of alkyl halides is 1. The zero-order chi connectivity index (χ0) is 33.2. The van der Waals surface area contributed by atoms with Gasteiger partial charge in [0.25, 0.3) is 0 Å². The number of nitrogens with two attached hydrogens (primary N) is 1. The van der Waals surface area contributed by atoms with E-state index in [2.05, 4.69) is 20.2 Å². The highest BCUT2D eigenvalue weighted by molar-refractivity contribution is 8.00. The van der Waals surface area contributed by atoms with Gasteiger partial charge in [-0.25, -0.2) is 22.5 Å². The largest absolute Gasteiger partial charge is 0.463 e. The number of aromatic nitrogens is 2. The lowest BCUT2D eigenvalue weighted by Crippen LogP contribution is -2.51. The number of halogens is 5. The molecule has 0 radical (unpaired) electrons. The van der Waals surface area contributed by atoms with Crippen molar-refractivity contribution < 1.29 is 26.7 Å². The molecule has 2 unspecified atom stereocenters. The van der Waals surface area contributed by atoms with Crippen LogP contribution in [0.4, 0.5) is 27.6 Å². The summed E-state index contributed by atoms with van der Waals surface area (Å²) in [5.41, 5.74) is 5.25. The molecule has 3 aromatic rings. The van der Waals surface area contributed by atoms with Crippen molar-refractivity contribution in [1.82, 2.24) is 20.2 Å². The molecule has 4 aliphatic heterocycles. The Labute approximate surface area is 273 Å². The van der Waals surface area contributed by atoms with Gasteiger partial charge in [0.15, 0.2) is 5.82 Å². The molecular weight excluding hydrogens is 637 g/mol. The van der Waals surface area contributed by atoms with Gasteiger partial charge in [-0.1, -0.05) is 25.6 Å². The lowest BCUT2D eigenvalue weighted by Gasteiger charge is -2.44. The molecule has 0 aliphatic carbocycles. The molecule has 7 rings (SSSR count). The number of piperazine rings is 1. The fourth-order valence-corrected chi connectivity index (χ4v) is 9.32. The van der Waals surface area contributed by atoms with Crippen molar-refractivity contribution >= 4 is 28.4 Å². The number of nitriles is 1. The molecule has 4 aliphatic rings. The number of piperidine rings is 1. The summed E-state index contributed by atoms with van der Waals surface area (Å²) < 4.78 is 83.3. The second kappa shape index (κ2) is 12.0. The number of ether oxygens (including phenoxy) is 1. The smallest absolute Gasteiger partial charge is 0.317 e. The van der Waals surface area contributed by atoms with E-state index in [1.165, 1.54) is 6.20 Å². The van der Waals surface area contributed by atoms with Crippen LogP contribution in [0.5, 0.6) is 6.01 Å². The van der Waals surface area contributed by atoms with Gasteiger partial charge in [-0.3, -0.25) is 4.39 Å². The van der Waals surface area contributed by atoms with Gasteiger partial charge in [0.1, 0.15) is 33.8 Å². The van der Waals surface area contributed by atoms with Crippen molar-refractivity contribution in [3.05, 3.63) is 52.7 Å². The topological polar surface area (TPSA) is 103 Å². The molecule has 5 heterocycles. The van der Waals surface area contributed by atoms with Gasteiger partial charge in [0.05, 0.1) is 35.5 Å². The SMILES string of the molecule is CCN1CC[C@H](CF)[C@](C)(COc2ncc3cc(F)c(C4(N)Sc5c(F)cc(F)c(N6C[C@H]7CC[C@@H](C6)N7)c5C4C#N)c(F)c3n2)C1. The van der Waals surface area contributed by atoms with E-state index in [0.717, 1.165) is 38.1 Å². The van der Waals surface area contributed by atoms with E-state index in [1.807, 2.05) is 19.9 Å². The summed E-state index contributed by atoms with van der Waals surface area (Å²) in [6.45, 7) is 6.60. The van der Waals surface area contributed by atoms with Crippen LogP contribution >= 0.6 is 11.8 Å². The summed E-state index contributed by atoms with van der Waals surface area (Å²) in [5, 5.41) is 13.9. The van der Waals surface area contributed by atoms with Gasteiger partial charge in [-0.15, -0.1) is 0 Å². The summed E-state index contributed by atoms with van der Waals surface area (Å²) in [6, 6.07) is 3.80. The first-order chi connectivity index (χ1) is 22.5. The molecule has 2 aromatic carbocycles. The maximum absolute atomic E-state index is 16.5. The summed E-state index contributed by atoms with van der Waals surface area (Å²) in [6.07, 6.45) is 3.69. The Morgan fingerprint density at radius 2 is 1.87 bits per heavy atom. The molecule has 0 amide bonds. The van der Waals surface area contributed by atoms with E-state index in [-0.39, 0.29) is 57.7 Å². The average molecular weight is 674 g/mol. The van der Waals surface area contributed by atoms with Crippen LogP contribution in [0.1, 0.15) is 50.2 Å². The number of likely N-dealkylation sites (tertiary alicyclic amines) is 1. The van der Waals surface area contributed by atoms with Crippen molar-refractivity contribution in [2.45, 2.75) is 60.9 Å². The summed E-state index contributed by atoms with van der Waals surface area (Å²) in [7, 11) is 0. The highest BCUT2D eigenvalue weighted by Gasteiger charge is 2.53. The fourth-order valence-electron chi connectivity index (χ4n) is 7.93. The highest BCUT2D eigenvalue weighted by Crippen LogP contribution is 2.60. The Bertz CT molecular complexity index is 1760. The zero-order valence-electron chi connectivity index (χ0n) is 26.1. The Morgan fingerprint density at radius 1 is 1.13 bits per heavy atom. The molecular formula is C33H36F5N7OS. The van der Waals surface area contributed by atoms with Crippen LogP contribution in [0.15, 0.2) is 23.2 Å². The molecule has 2 bridgehead atoms. The first kappa shape index (κ1) is 32.3. The molecule has 0 saturated carbocycles. The van der Waals surface area contributed by atoms with E-state index < -0.39 is 51.7 Å². The number of hydrogen-bond acceptors (Lipinski definition) is 9. The Morgan fingerprint density at radius 3 is 2.55 bits per heavy atom. The highest BCUT2D eigenvalue weighted by atomic mass is 32.2. The van der Waals surface area contributed by atoms with Gasteiger partial charge >= 0.3 is 6.01 Å². The lowest BCUT2D eigenvalue weighted by atomic mass is 9.73. The summed E-state index contributed by atoms with van der Waals surface area (Å²) >= 11 is 0.606. The lowest BCUT2D eigenvalue weighted by molar-refractivity contribution is -0.00720. The van der Waals surface area contributed by atoms with Crippen molar-refractivity contribution in [2.75, 3.05) is 50.9 Å². The van der Waals surface area contributed by atoms with E-state index in [4.69, 9.17) is 10.5 Å². The molecule has 47 heavy (non-hydrogen) atoms. The number of anilines is 1. The predicted molar refractivity (Wildman–Crippen MR) is 168 cm³/mol. The van der Waals surface area contributed by atoms with Crippen LogP contribution < -0.4 is 20.7 Å². The minimum atomic E-state index is -2.16. The maximum Gasteiger partial charge on any atom is 0.317 e. The minimum Gasteiger partial charge on any atom is -0.463 e. The van der Waals surface area contributed by atoms with Gasteiger partial charge in [0, 0.05) is 60.3 Å². The van der Waals surface area contributed by atoms with Crippen LogP contribution in [0.3, 0.4) is 0 Å². The molecule has 14 heteroatoms. The normalized spacial score (nSPS) is 30.5. The van der Waals surface area contributed by atoms with Crippen molar-refractivity contribution in [3.63, 3.8) is 0 Å². The van der Waals surface area contributed by atoms with Crippen molar-refractivity contribution in [1.29, 1.82) is 5.26 Å². The second-order valence-corrected chi connectivity index (χ2v) is 14.8. The van der Waals surface area contributed by atoms with Crippen LogP contribution in [-0.2, 0) is 4.87 Å². The number of fused-ring (bicyclic) bond motifs is 4. The second-order valence-electron chi connectivity index (χ2n) is 13.5. The first-order valence-electron chi connectivity index (χ1n) is 16.0. The van der Waals surface area contributed by atoms with E-state index in [0.29, 0.717) is 37.8 Å². The van der Waals surface area contributed by atoms with Gasteiger partial charge < -0.3 is 25.6 Å². The monoisotopic (exact) mass is 673 g/mol. The molecule has 3 N–H and O–H groups in total. The van der Waals surface area contributed by atoms with E-state index >= 15 is 17.6 Å².